The van der Waals surface area contributed by atoms with Crippen molar-refractivity contribution in [2.24, 2.45) is 0 Å². The average Bonchev–Trinajstić information content (AvgIpc) is 3.56. The molecule has 3 aromatic carbocycles. The quantitative estimate of drug-likeness (QED) is 0.0932. The molecule has 5 rings (SSSR count). The maximum Gasteiger partial charge on any atom is 0.266 e. The number of ether oxygens (including phenoxy) is 3. The fourth-order valence-electron chi connectivity index (χ4n) is 4.83. The first-order valence-electron chi connectivity index (χ1n) is 14.3. The lowest BCUT2D eigenvalue weighted by Crippen LogP contribution is -2.30. The van der Waals surface area contributed by atoms with Gasteiger partial charge in [-0.25, -0.2) is 4.68 Å². The molecule has 0 spiro atoms. The van der Waals surface area contributed by atoms with Crippen LogP contribution in [0.4, 0.5) is 0 Å². The van der Waals surface area contributed by atoms with E-state index in [1.165, 1.54) is 11.8 Å². The lowest BCUT2D eigenvalue weighted by molar-refractivity contribution is -0.122. The van der Waals surface area contributed by atoms with Gasteiger partial charge in [0.2, 0.25) is 0 Å². The molecule has 2 heterocycles. The number of carbonyl (C=O) groups excluding carboxylic acids is 1. The molecular weight excluding hydrogens is 579 g/mol. The van der Waals surface area contributed by atoms with E-state index >= 15 is 0 Å². The van der Waals surface area contributed by atoms with Gasteiger partial charge >= 0.3 is 0 Å². The third kappa shape index (κ3) is 6.95. The van der Waals surface area contributed by atoms with Gasteiger partial charge in [-0.15, -0.1) is 0 Å². The Bertz CT molecular complexity index is 1650. The molecule has 0 N–H and O–H groups in total. The molecule has 0 aliphatic carbocycles. The smallest absolute Gasteiger partial charge is 0.266 e. The van der Waals surface area contributed by atoms with E-state index in [-0.39, 0.29) is 5.91 Å². The van der Waals surface area contributed by atoms with Crippen LogP contribution in [0.25, 0.3) is 23.0 Å². The minimum absolute atomic E-state index is 0.107. The van der Waals surface area contributed by atoms with E-state index in [1.54, 1.807) is 19.1 Å². The molecule has 1 saturated heterocycles. The van der Waals surface area contributed by atoms with Gasteiger partial charge in [0.1, 0.15) is 15.8 Å². The number of unbranched alkanes of at least 4 members (excludes halogenated alkanes) is 1. The number of carbonyl (C=O) groups is 1. The summed E-state index contributed by atoms with van der Waals surface area (Å²) in [6, 6.07) is 21.8. The largest absolute Gasteiger partial charge is 0.493 e. The molecule has 0 saturated carbocycles. The first-order valence-corrected chi connectivity index (χ1v) is 15.5. The van der Waals surface area contributed by atoms with Crippen LogP contribution < -0.4 is 14.2 Å². The summed E-state index contributed by atoms with van der Waals surface area (Å²) in [5.74, 6) is 2.09. The third-order valence-electron chi connectivity index (χ3n) is 7.20. The summed E-state index contributed by atoms with van der Waals surface area (Å²) in [4.78, 5) is 15.8. The van der Waals surface area contributed by atoms with Crippen molar-refractivity contribution in [3.05, 3.63) is 94.5 Å². The third-order valence-corrected chi connectivity index (χ3v) is 8.58. The van der Waals surface area contributed by atoms with Crippen LogP contribution in [0.5, 0.6) is 17.2 Å². The second-order valence-corrected chi connectivity index (χ2v) is 11.8. The molecule has 0 atom stereocenters. The number of thioether (sulfide) groups is 1. The van der Waals surface area contributed by atoms with Gasteiger partial charge in [-0.05, 0) is 79.4 Å². The second-order valence-electron chi connectivity index (χ2n) is 10.2. The van der Waals surface area contributed by atoms with E-state index in [1.807, 2.05) is 84.5 Å². The van der Waals surface area contributed by atoms with E-state index in [0.717, 1.165) is 52.2 Å². The fourth-order valence-corrected chi connectivity index (χ4v) is 6.13. The van der Waals surface area contributed by atoms with Crippen LogP contribution in [-0.4, -0.2) is 52.3 Å². The molecule has 1 aliphatic heterocycles. The van der Waals surface area contributed by atoms with Gasteiger partial charge in [-0.3, -0.25) is 9.69 Å². The van der Waals surface area contributed by atoms with Crippen LogP contribution in [0.15, 0.2) is 77.8 Å². The molecule has 1 aromatic heterocycles. The normalized spacial score (nSPS) is 14.0. The molecule has 1 aliphatic rings. The summed E-state index contributed by atoms with van der Waals surface area (Å²) in [5, 5.41) is 4.95. The van der Waals surface area contributed by atoms with Gasteiger partial charge < -0.3 is 14.2 Å². The van der Waals surface area contributed by atoms with E-state index in [4.69, 9.17) is 31.5 Å². The van der Waals surface area contributed by atoms with Crippen molar-refractivity contribution in [3.8, 4) is 34.2 Å². The molecule has 0 unspecified atom stereocenters. The fraction of sp³-hybridized carbons (Fsp3) is 0.265. The van der Waals surface area contributed by atoms with Crippen LogP contribution in [0.2, 0.25) is 0 Å². The van der Waals surface area contributed by atoms with Crippen molar-refractivity contribution in [2.45, 2.75) is 33.1 Å². The Morgan fingerprint density at radius 1 is 0.977 bits per heavy atom. The zero-order chi connectivity index (χ0) is 30.3. The monoisotopic (exact) mass is 613 g/mol. The Hall–Kier alpha value is -4.08. The number of amides is 1. The Morgan fingerprint density at radius 2 is 1.74 bits per heavy atom. The predicted octanol–water partition coefficient (Wildman–Crippen LogP) is 7.49. The number of rotatable bonds is 12. The Morgan fingerprint density at radius 3 is 2.47 bits per heavy atom. The number of methoxy groups -OCH3 is 2. The number of thiocarbonyl (C=S) groups is 1. The van der Waals surface area contributed by atoms with Crippen molar-refractivity contribution in [2.75, 3.05) is 27.4 Å². The Balaban J connectivity index is 1.42. The summed E-state index contributed by atoms with van der Waals surface area (Å²) < 4.78 is 19.1. The number of para-hydroxylation sites is 1. The lowest BCUT2D eigenvalue weighted by Gasteiger charge is -2.15. The standard InChI is InChI=1S/C34H35N3O4S2/c1-5-6-18-41-28-15-13-25(19-23(28)2)32-26(22-37(35-32)27-10-8-7-9-11-27)21-31-33(38)36(34(42)43-31)17-16-24-12-14-29(39-3)30(20-24)40-4/h7-15,19-22H,5-6,16-18H2,1-4H3. The van der Waals surface area contributed by atoms with E-state index in [9.17, 15) is 4.79 Å². The molecule has 4 aromatic rings. The highest BCUT2D eigenvalue weighted by Crippen LogP contribution is 2.36. The van der Waals surface area contributed by atoms with Gasteiger partial charge in [-0.1, -0.05) is 61.6 Å². The van der Waals surface area contributed by atoms with Gasteiger partial charge in [-0.2, -0.15) is 5.10 Å². The van der Waals surface area contributed by atoms with Gasteiger partial charge in [0.25, 0.3) is 5.91 Å². The predicted molar refractivity (Wildman–Crippen MR) is 177 cm³/mol. The SMILES string of the molecule is CCCCOc1ccc(-c2nn(-c3ccccc3)cc2C=C2SC(=S)N(CCc3ccc(OC)c(OC)c3)C2=O)cc1C. The van der Waals surface area contributed by atoms with Crippen LogP contribution in [0.1, 0.15) is 36.5 Å². The number of hydrogen-bond donors (Lipinski definition) is 0. The highest BCUT2D eigenvalue weighted by atomic mass is 32.2. The number of aromatic nitrogens is 2. The van der Waals surface area contributed by atoms with Crippen LogP contribution in [0, 0.1) is 6.92 Å². The van der Waals surface area contributed by atoms with Crippen LogP contribution in [-0.2, 0) is 11.2 Å². The average molecular weight is 614 g/mol. The number of benzene rings is 3. The maximum atomic E-state index is 13.6. The number of hydrogen-bond acceptors (Lipinski definition) is 7. The number of nitrogens with zero attached hydrogens (tertiary/aromatic N) is 3. The molecular formula is C34H35N3O4S2. The Labute approximate surface area is 262 Å². The first-order chi connectivity index (χ1) is 20.9. The van der Waals surface area contributed by atoms with Crippen molar-refractivity contribution in [1.29, 1.82) is 0 Å². The maximum absolute atomic E-state index is 13.6. The van der Waals surface area contributed by atoms with Crippen molar-refractivity contribution in [3.63, 3.8) is 0 Å². The van der Waals surface area contributed by atoms with Crippen molar-refractivity contribution in [1.82, 2.24) is 14.7 Å². The van der Waals surface area contributed by atoms with Crippen molar-refractivity contribution >= 4 is 40.3 Å². The summed E-state index contributed by atoms with van der Waals surface area (Å²) in [5.41, 5.74) is 5.56. The molecule has 0 bridgehead atoms. The molecule has 7 nitrogen and oxygen atoms in total. The van der Waals surface area contributed by atoms with Crippen molar-refractivity contribution < 1.29 is 19.0 Å². The molecule has 222 valence electrons. The van der Waals surface area contributed by atoms with Gasteiger partial charge in [0.05, 0.1) is 31.4 Å². The highest BCUT2D eigenvalue weighted by molar-refractivity contribution is 8.26. The molecule has 0 radical (unpaired) electrons. The van der Waals surface area contributed by atoms with Gasteiger partial charge in [0, 0.05) is 23.9 Å². The zero-order valence-corrected chi connectivity index (χ0v) is 26.5. The number of aryl methyl sites for hydroxylation is 1. The van der Waals surface area contributed by atoms with E-state index < -0.39 is 0 Å². The first kappa shape index (κ1) is 30.4. The highest BCUT2D eigenvalue weighted by Gasteiger charge is 2.32. The van der Waals surface area contributed by atoms with E-state index in [0.29, 0.717) is 40.3 Å². The zero-order valence-electron chi connectivity index (χ0n) is 24.8. The van der Waals surface area contributed by atoms with E-state index in [2.05, 4.69) is 13.0 Å². The van der Waals surface area contributed by atoms with Gasteiger partial charge in [0.15, 0.2) is 11.5 Å². The summed E-state index contributed by atoms with van der Waals surface area (Å²) in [6.45, 7) is 5.35. The molecule has 1 fully saturated rings. The second kappa shape index (κ2) is 13.9. The van der Waals surface area contributed by atoms with Crippen LogP contribution in [0.3, 0.4) is 0 Å². The lowest BCUT2D eigenvalue weighted by atomic mass is 10.0. The summed E-state index contributed by atoms with van der Waals surface area (Å²) in [6.07, 6.45) is 6.59. The molecule has 9 heteroatoms. The molecule has 43 heavy (non-hydrogen) atoms. The Kier molecular flexibility index (Phi) is 9.84. The summed E-state index contributed by atoms with van der Waals surface area (Å²) in [7, 11) is 3.22. The molecule has 1 amide bonds. The topological polar surface area (TPSA) is 65.8 Å². The minimum atomic E-state index is -0.107. The minimum Gasteiger partial charge on any atom is -0.493 e. The van der Waals surface area contributed by atoms with Crippen LogP contribution >= 0.6 is 24.0 Å². The summed E-state index contributed by atoms with van der Waals surface area (Å²) >= 11 is 6.96.